The second-order valence-electron chi connectivity index (χ2n) is 13.3. The number of aromatic nitrogens is 3. The van der Waals surface area contributed by atoms with E-state index in [1.54, 1.807) is 0 Å². The van der Waals surface area contributed by atoms with Gasteiger partial charge in [-0.15, -0.1) is 0 Å². The fourth-order valence-electron chi connectivity index (χ4n) is 7.42. The van der Waals surface area contributed by atoms with E-state index in [1.165, 1.54) is 33.0 Å². The molecule has 232 valence electrons. The topological polar surface area (TPSA) is 38.7 Å². The molecule has 0 radical (unpaired) electrons. The van der Waals surface area contributed by atoms with Crippen LogP contribution in [0, 0.1) is 0 Å². The van der Waals surface area contributed by atoms with Crippen LogP contribution in [0.25, 0.3) is 78.2 Å². The van der Waals surface area contributed by atoms with Crippen LogP contribution in [0.15, 0.2) is 164 Å². The van der Waals surface area contributed by atoms with E-state index in [2.05, 4.69) is 159 Å². The minimum absolute atomic E-state index is 0.151. The summed E-state index contributed by atoms with van der Waals surface area (Å²) in [7, 11) is 0. The summed E-state index contributed by atoms with van der Waals surface area (Å²) in [5.41, 5.74) is 14.1. The summed E-state index contributed by atoms with van der Waals surface area (Å²) in [4.78, 5) is 15.5. The van der Waals surface area contributed by atoms with Crippen LogP contribution in [0.3, 0.4) is 0 Å². The van der Waals surface area contributed by atoms with Gasteiger partial charge < -0.3 is 0 Å². The van der Waals surface area contributed by atoms with Crippen LogP contribution in [0.5, 0.6) is 0 Å². The van der Waals surface area contributed by atoms with Gasteiger partial charge in [0, 0.05) is 28.3 Å². The van der Waals surface area contributed by atoms with E-state index in [1.807, 2.05) is 18.3 Å². The maximum absolute atomic E-state index is 5.34. The Hall–Kier alpha value is -6.19. The monoisotopic (exact) mass is 627 g/mol. The van der Waals surface area contributed by atoms with Crippen molar-refractivity contribution in [3.05, 3.63) is 175 Å². The van der Waals surface area contributed by atoms with Crippen LogP contribution < -0.4 is 0 Å². The van der Waals surface area contributed by atoms with Crippen molar-refractivity contribution >= 4 is 10.8 Å². The predicted molar refractivity (Wildman–Crippen MR) is 202 cm³/mol. The van der Waals surface area contributed by atoms with Gasteiger partial charge in [-0.2, -0.15) is 0 Å². The number of benzene rings is 6. The molecule has 0 N–H and O–H groups in total. The molecule has 0 saturated carbocycles. The van der Waals surface area contributed by atoms with E-state index < -0.39 is 0 Å². The molecule has 9 rings (SSSR count). The molecule has 1 aliphatic carbocycles. The largest absolute Gasteiger partial charge is 0.254 e. The van der Waals surface area contributed by atoms with Gasteiger partial charge in [0.05, 0.1) is 17.1 Å². The van der Waals surface area contributed by atoms with Crippen LogP contribution >= 0.6 is 0 Å². The fraction of sp³-hybridized carbons (Fsp3) is 0.0652. The Morgan fingerprint density at radius 3 is 1.86 bits per heavy atom. The molecule has 49 heavy (non-hydrogen) atoms. The molecule has 0 fully saturated rings. The Balaban J connectivity index is 1.26. The normalized spacial score (nSPS) is 12.9. The van der Waals surface area contributed by atoms with Gasteiger partial charge in [-0.05, 0) is 67.9 Å². The third-order valence-corrected chi connectivity index (χ3v) is 9.95. The highest BCUT2D eigenvalue weighted by Crippen LogP contribution is 2.54. The predicted octanol–water partition coefficient (Wildman–Crippen LogP) is 11.7. The Morgan fingerprint density at radius 1 is 0.429 bits per heavy atom. The third kappa shape index (κ3) is 4.94. The number of rotatable bonds is 5. The summed E-state index contributed by atoms with van der Waals surface area (Å²) in [6.45, 7) is 4.67. The zero-order valence-corrected chi connectivity index (χ0v) is 27.4. The summed E-state index contributed by atoms with van der Waals surface area (Å²) < 4.78 is 0. The van der Waals surface area contributed by atoms with Crippen molar-refractivity contribution in [2.45, 2.75) is 19.3 Å². The van der Waals surface area contributed by atoms with E-state index >= 15 is 0 Å². The van der Waals surface area contributed by atoms with Crippen molar-refractivity contribution in [2.75, 3.05) is 0 Å². The Kier molecular flexibility index (Phi) is 6.80. The van der Waals surface area contributed by atoms with E-state index in [0.717, 1.165) is 50.5 Å². The maximum Gasteiger partial charge on any atom is 0.160 e. The first-order valence-electron chi connectivity index (χ1n) is 16.8. The molecule has 0 atom stereocenters. The molecular formula is C46H33N3. The van der Waals surface area contributed by atoms with Gasteiger partial charge in [0.25, 0.3) is 0 Å². The average molecular weight is 628 g/mol. The lowest BCUT2D eigenvalue weighted by molar-refractivity contribution is 0.661. The molecule has 0 bridgehead atoms. The number of fused-ring (bicyclic) bond motifs is 5. The van der Waals surface area contributed by atoms with Crippen molar-refractivity contribution in [3.8, 4) is 67.4 Å². The van der Waals surface area contributed by atoms with Crippen molar-refractivity contribution in [1.29, 1.82) is 0 Å². The van der Waals surface area contributed by atoms with Gasteiger partial charge in [-0.3, -0.25) is 4.98 Å². The molecule has 2 aromatic heterocycles. The number of pyridine rings is 1. The second kappa shape index (κ2) is 11.5. The number of nitrogens with zero attached hydrogens (tertiary/aromatic N) is 3. The van der Waals surface area contributed by atoms with Crippen LogP contribution in [0.4, 0.5) is 0 Å². The van der Waals surface area contributed by atoms with Gasteiger partial charge in [0.2, 0.25) is 0 Å². The zero-order valence-electron chi connectivity index (χ0n) is 27.4. The first-order chi connectivity index (χ1) is 24.0. The smallest absolute Gasteiger partial charge is 0.160 e. The molecule has 8 aromatic rings. The van der Waals surface area contributed by atoms with Crippen LogP contribution in [0.2, 0.25) is 0 Å². The van der Waals surface area contributed by atoms with Gasteiger partial charge >= 0.3 is 0 Å². The molecule has 0 amide bonds. The quantitative estimate of drug-likeness (QED) is 0.191. The van der Waals surface area contributed by atoms with Gasteiger partial charge in [-0.1, -0.05) is 153 Å². The van der Waals surface area contributed by atoms with Crippen LogP contribution in [0.1, 0.15) is 25.0 Å². The Morgan fingerprint density at radius 2 is 1.08 bits per heavy atom. The Labute approximate surface area is 286 Å². The lowest BCUT2D eigenvalue weighted by Crippen LogP contribution is -2.14. The van der Waals surface area contributed by atoms with E-state index in [-0.39, 0.29) is 5.41 Å². The summed E-state index contributed by atoms with van der Waals surface area (Å²) in [5, 5.41) is 2.51. The lowest BCUT2D eigenvalue weighted by atomic mass is 9.82. The molecule has 2 heterocycles. The highest BCUT2D eigenvalue weighted by Gasteiger charge is 2.38. The molecule has 0 aliphatic heterocycles. The SMILES string of the molecule is CC1(C)c2cccc(-c3cc(-c4ccc(-c5ccccc5)cn4)nc(-c4cccc(-c5ccccc5)c4)n3)c2-c2c1ccc1ccccc21. The van der Waals surface area contributed by atoms with Crippen LogP contribution in [-0.2, 0) is 5.41 Å². The lowest BCUT2D eigenvalue weighted by Gasteiger charge is -2.21. The fourth-order valence-corrected chi connectivity index (χ4v) is 7.42. The molecular weight excluding hydrogens is 595 g/mol. The summed E-state index contributed by atoms with van der Waals surface area (Å²) in [6, 6.07) is 55.6. The average Bonchev–Trinajstić information content (AvgIpc) is 3.42. The van der Waals surface area contributed by atoms with E-state index in [0.29, 0.717) is 5.82 Å². The molecule has 3 nitrogen and oxygen atoms in total. The number of hydrogen-bond acceptors (Lipinski definition) is 3. The molecule has 1 aliphatic rings. The standard InChI is InChI=1S/C46H33N3/c1-46(2)38-22-12-21-37(44(38)43-36-20-10-9-17-32(36)23-25-39(43)46)41-28-42(40-26-24-35(29-47-40)31-15-7-4-8-16-31)49-45(48-41)34-19-11-18-33(27-34)30-13-5-3-6-14-30/h3-29H,1-2H3. The molecule has 0 saturated heterocycles. The van der Waals surface area contributed by atoms with Crippen molar-refractivity contribution in [3.63, 3.8) is 0 Å². The first kappa shape index (κ1) is 29.0. The van der Waals surface area contributed by atoms with Crippen molar-refractivity contribution in [1.82, 2.24) is 15.0 Å². The van der Waals surface area contributed by atoms with Crippen molar-refractivity contribution in [2.24, 2.45) is 0 Å². The third-order valence-electron chi connectivity index (χ3n) is 9.95. The minimum atomic E-state index is -0.151. The summed E-state index contributed by atoms with van der Waals surface area (Å²) in [5.74, 6) is 0.673. The first-order valence-corrected chi connectivity index (χ1v) is 16.8. The van der Waals surface area contributed by atoms with Gasteiger partial charge in [0.15, 0.2) is 5.82 Å². The van der Waals surface area contributed by atoms with Crippen molar-refractivity contribution < 1.29 is 0 Å². The second-order valence-corrected chi connectivity index (χ2v) is 13.3. The van der Waals surface area contributed by atoms with E-state index in [4.69, 9.17) is 15.0 Å². The van der Waals surface area contributed by atoms with Gasteiger partial charge in [-0.25, -0.2) is 9.97 Å². The summed E-state index contributed by atoms with van der Waals surface area (Å²) in [6.07, 6.45) is 1.94. The Bertz CT molecular complexity index is 2500. The number of hydrogen-bond donors (Lipinski definition) is 0. The summed E-state index contributed by atoms with van der Waals surface area (Å²) >= 11 is 0. The molecule has 0 spiro atoms. The molecule has 3 heteroatoms. The van der Waals surface area contributed by atoms with Crippen LogP contribution in [-0.4, -0.2) is 15.0 Å². The highest BCUT2D eigenvalue weighted by atomic mass is 14.9. The van der Waals surface area contributed by atoms with E-state index in [9.17, 15) is 0 Å². The highest BCUT2D eigenvalue weighted by molar-refractivity contribution is 6.06. The minimum Gasteiger partial charge on any atom is -0.254 e. The van der Waals surface area contributed by atoms with Gasteiger partial charge in [0.1, 0.15) is 0 Å². The molecule has 6 aromatic carbocycles. The molecule has 0 unspecified atom stereocenters. The zero-order chi connectivity index (χ0) is 33.0. The maximum atomic E-state index is 5.34.